The molecule has 1 aromatic carbocycles. The van der Waals surface area contributed by atoms with Crippen molar-refractivity contribution in [2.24, 2.45) is 0 Å². The fourth-order valence-electron chi connectivity index (χ4n) is 1.83. The maximum absolute atomic E-state index is 11.5. The Labute approximate surface area is 99.0 Å². The van der Waals surface area contributed by atoms with Gasteiger partial charge in [-0.15, -0.1) is 0 Å². The van der Waals surface area contributed by atoms with Gasteiger partial charge in [-0.2, -0.15) is 0 Å². The standard InChI is InChI=1S/C12H14N2O3/c15-11(16)10-8-14(12(17)13-10)7-6-9-4-2-1-3-5-9/h1-5,10H,6-8H2,(H,13,17)(H,15,16). The first-order chi connectivity index (χ1) is 8.16. The number of carbonyl (C=O) groups is 2. The summed E-state index contributed by atoms with van der Waals surface area (Å²) in [6.07, 6.45) is 0.737. The SMILES string of the molecule is O=C(O)C1CN(CCc2ccccc2)C(=O)N1. The van der Waals surface area contributed by atoms with Crippen LogP contribution in [0.1, 0.15) is 5.56 Å². The molecule has 1 aliphatic heterocycles. The number of benzene rings is 1. The molecular weight excluding hydrogens is 220 g/mol. The molecule has 0 radical (unpaired) electrons. The van der Waals surface area contributed by atoms with Gasteiger partial charge in [-0.1, -0.05) is 30.3 Å². The van der Waals surface area contributed by atoms with Crippen molar-refractivity contribution >= 4 is 12.0 Å². The fourth-order valence-corrected chi connectivity index (χ4v) is 1.83. The third-order valence-corrected chi connectivity index (χ3v) is 2.80. The van der Waals surface area contributed by atoms with Gasteiger partial charge in [0.05, 0.1) is 6.54 Å². The van der Waals surface area contributed by atoms with E-state index in [1.807, 2.05) is 30.3 Å². The van der Waals surface area contributed by atoms with Gasteiger partial charge in [0.1, 0.15) is 6.04 Å². The Bertz CT molecular complexity index is 419. The Morgan fingerprint density at radius 2 is 2.12 bits per heavy atom. The monoisotopic (exact) mass is 234 g/mol. The van der Waals surface area contributed by atoms with E-state index < -0.39 is 12.0 Å². The predicted molar refractivity (Wildman–Crippen MR) is 61.7 cm³/mol. The van der Waals surface area contributed by atoms with Gasteiger partial charge in [0.15, 0.2) is 0 Å². The first kappa shape index (κ1) is 11.4. The highest BCUT2D eigenvalue weighted by atomic mass is 16.4. The Balaban J connectivity index is 1.88. The topological polar surface area (TPSA) is 69.6 Å². The van der Waals surface area contributed by atoms with Crippen LogP contribution >= 0.6 is 0 Å². The predicted octanol–water partition coefficient (Wildman–Crippen LogP) is 0.707. The lowest BCUT2D eigenvalue weighted by Crippen LogP contribution is -2.34. The Hall–Kier alpha value is -2.04. The van der Waals surface area contributed by atoms with Gasteiger partial charge in [-0.25, -0.2) is 9.59 Å². The lowest BCUT2D eigenvalue weighted by molar-refractivity contribution is -0.138. The molecule has 1 unspecified atom stereocenters. The summed E-state index contributed by atoms with van der Waals surface area (Å²) in [7, 11) is 0. The van der Waals surface area contributed by atoms with Crippen LogP contribution in [0.25, 0.3) is 0 Å². The Kier molecular flexibility index (Phi) is 3.27. The molecule has 2 N–H and O–H groups in total. The van der Waals surface area contributed by atoms with Crippen LogP contribution in [-0.2, 0) is 11.2 Å². The number of hydrogen-bond donors (Lipinski definition) is 2. The maximum Gasteiger partial charge on any atom is 0.328 e. The van der Waals surface area contributed by atoms with Crippen molar-refractivity contribution in [2.75, 3.05) is 13.1 Å². The zero-order valence-electron chi connectivity index (χ0n) is 9.30. The van der Waals surface area contributed by atoms with Crippen LogP contribution in [0, 0.1) is 0 Å². The molecule has 17 heavy (non-hydrogen) atoms. The molecule has 1 heterocycles. The summed E-state index contributed by atoms with van der Waals surface area (Å²) in [6, 6.07) is 8.73. The summed E-state index contributed by atoms with van der Waals surface area (Å²) in [5.41, 5.74) is 1.14. The van der Waals surface area contributed by atoms with Crippen LogP contribution in [0.3, 0.4) is 0 Å². The van der Waals surface area contributed by atoms with Crippen LogP contribution in [-0.4, -0.2) is 41.1 Å². The zero-order valence-corrected chi connectivity index (χ0v) is 9.30. The van der Waals surface area contributed by atoms with Crippen molar-refractivity contribution in [3.63, 3.8) is 0 Å². The van der Waals surface area contributed by atoms with Crippen molar-refractivity contribution in [1.82, 2.24) is 10.2 Å². The van der Waals surface area contributed by atoms with E-state index in [1.54, 1.807) is 0 Å². The average Bonchev–Trinajstić information content (AvgIpc) is 2.70. The third kappa shape index (κ3) is 2.75. The molecule has 0 aromatic heterocycles. The molecule has 1 saturated heterocycles. The molecule has 0 spiro atoms. The number of hydrogen-bond acceptors (Lipinski definition) is 2. The molecule has 1 aliphatic rings. The largest absolute Gasteiger partial charge is 0.480 e. The summed E-state index contributed by atoms with van der Waals surface area (Å²) in [5, 5.41) is 11.2. The maximum atomic E-state index is 11.5. The third-order valence-electron chi connectivity index (χ3n) is 2.80. The van der Waals surface area contributed by atoms with Crippen LogP contribution in [0.4, 0.5) is 4.79 Å². The van der Waals surface area contributed by atoms with Gasteiger partial charge in [0.2, 0.25) is 0 Å². The summed E-state index contributed by atoms with van der Waals surface area (Å²) >= 11 is 0. The van der Waals surface area contributed by atoms with E-state index in [9.17, 15) is 9.59 Å². The molecule has 1 aromatic rings. The van der Waals surface area contributed by atoms with E-state index in [1.165, 1.54) is 4.90 Å². The highest BCUT2D eigenvalue weighted by Gasteiger charge is 2.32. The van der Waals surface area contributed by atoms with Crippen molar-refractivity contribution in [2.45, 2.75) is 12.5 Å². The second-order valence-corrected chi connectivity index (χ2v) is 4.02. The van der Waals surface area contributed by atoms with E-state index in [4.69, 9.17) is 5.11 Å². The van der Waals surface area contributed by atoms with E-state index in [0.717, 1.165) is 12.0 Å². The number of rotatable bonds is 4. The minimum absolute atomic E-state index is 0.237. The molecule has 1 fully saturated rings. The van der Waals surface area contributed by atoms with Crippen molar-refractivity contribution in [3.05, 3.63) is 35.9 Å². The molecule has 2 amide bonds. The number of carbonyl (C=O) groups excluding carboxylic acids is 1. The molecule has 5 nitrogen and oxygen atoms in total. The minimum atomic E-state index is -0.986. The quantitative estimate of drug-likeness (QED) is 0.806. The smallest absolute Gasteiger partial charge is 0.328 e. The summed E-state index contributed by atoms with van der Waals surface area (Å²) in [6.45, 7) is 0.778. The van der Waals surface area contributed by atoms with Gasteiger partial charge in [-0.3, -0.25) is 0 Å². The Morgan fingerprint density at radius 3 is 2.71 bits per heavy atom. The molecule has 0 saturated carbocycles. The highest BCUT2D eigenvalue weighted by molar-refractivity contribution is 5.86. The van der Waals surface area contributed by atoms with E-state index in [0.29, 0.717) is 6.54 Å². The second kappa shape index (κ2) is 4.86. The average molecular weight is 234 g/mol. The van der Waals surface area contributed by atoms with Crippen LogP contribution in [0.15, 0.2) is 30.3 Å². The number of aliphatic carboxylic acids is 1. The molecule has 0 bridgehead atoms. The Morgan fingerprint density at radius 1 is 1.41 bits per heavy atom. The number of nitrogens with zero attached hydrogens (tertiary/aromatic N) is 1. The summed E-state index contributed by atoms with van der Waals surface area (Å²) in [5.74, 6) is -0.986. The molecule has 0 aliphatic carbocycles. The number of carboxylic acids is 1. The number of nitrogens with one attached hydrogen (secondary N) is 1. The van der Waals surface area contributed by atoms with Gasteiger partial charge >= 0.3 is 12.0 Å². The van der Waals surface area contributed by atoms with E-state index in [2.05, 4.69) is 5.32 Å². The first-order valence-electron chi connectivity index (χ1n) is 5.49. The zero-order chi connectivity index (χ0) is 12.3. The number of carboxylic acid groups (broad SMARTS) is 1. The van der Waals surface area contributed by atoms with Crippen LogP contribution < -0.4 is 5.32 Å². The fraction of sp³-hybridized carbons (Fsp3) is 0.333. The molecule has 2 rings (SSSR count). The number of urea groups is 1. The van der Waals surface area contributed by atoms with Crippen molar-refractivity contribution in [3.8, 4) is 0 Å². The molecule has 90 valence electrons. The van der Waals surface area contributed by atoms with E-state index in [-0.39, 0.29) is 12.6 Å². The van der Waals surface area contributed by atoms with E-state index >= 15 is 0 Å². The van der Waals surface area contributed by atoms with Crippen LogP contribution in [0.5, 0.6) is 0 Å². The van der Waals surface area contributed by atoms with Crippen LogP contribution in [0.2, 0.25) is 0 Å². The number of amides is 2. The molecule has 1 atom stereocenters. The van der Waals surface area contributed by atoms with Gasteiger partial charge in [0.25, 0.3) is 0 Å². The normalized spacial score (nSPS) is 19.2. The van der Waals surface area contributed by atoms with Gasteiger partial charge in [-0.05, 0) is 12.0 Å². The molecular formula is C12H14N2O3. The van der Waals surface area contributed by atoms with Gasteiger partial charge in [0, 0.05) is 6.54 Å². The van der Waals surface area contributed by atoms with Gasteiger partial charge < -0.3 is 15.3 Å². The molecule has 5 heteroatoms. The van der Waals surface area contributed by atoms with Crippen molar-refractivity contribution in [1.29, 1.82) is 0 Å². The first-order valence-corrected chi connectivity index (χ1v) is 5.49. The lowest BCUT2D eigenvalue weighted by Gasteiger charge is -2.13. The second-order valence-electron chi connectivity index (χ2n) is 4.02. The summed E-state index contributed by atoms with van der Waals surface area (Å²) in [4.78, 5) is 23.7. The lowest BCUT2D eigenvalue weighted by atomic mass is 10.1. The summed E-state index contributed by atoms with van der Waals surface area (Å²) < 4.78 is 0. The van der Waals surface area contributed by atoms with Crippen molar-refractivity contribution < 1.29 is 14.7 Å². The minimum Gasteiger partial charge on any atom is -0.480 e. The highest BCUT2D eigenvalue weighted by Crippen LogP contribution is 2.07.